The van der Waals surface area contributed by atoms with E-state index in [0.717, 1.165) is 18.2 Å². The maximum Gasteiger partial charge on any atom is 0.0284 e. The van der Waals surface area contributed by atoms with Crippen molar-refractivity contribution in [2.75, 3.05) is 13.6 Å². The van der Waals surface area contributed by atoms with Crippen LogP contribution in [0.4, 0.5) is 0 Å². The number of rotatable bonds is 5. The second-order valence-corrected chi connectivity index (χ2v) is 3.09. The van der Waals surface area contributed by atoms with E-state index in [9.17, 15) is 0 Å². The predicted octanol–water partition coefficient (Wildman–Crippen LogP) is 3.69. The first-order valence-corrected chi connectivity index (χ1v) is 5.14. The Morgan fingerprint density at radius 3 is 2.23 bits per heavy atom. The Bertz CT molecular complexity index is 138. The summed E-state index contributed by atoms with van der Waals surface area (Å²) in [4.78, 5) is 2.14. The summed E-state index contributed by atoms with van der Waals surface area (Å²) in [6, 6.07) is 0. The monoisotopic (exact) mass is 183 g/mol. The summed E-state index contributed by atoms with van der Waals surface area (Å²) in [7, 11) is 2.05. The number of likely N-dealkylation sites (N-methyl/N-ethyl adjacent to an activating group) is 1. The molecule has 0 saturated heterocycles. The van der Waals surface area contributed by atoms with Crippen LogP contribution in [0, 0.1) is 5.92 Å². The van der Waals surface area contributed by atoms with Crippen molar-refractivity contribution in [1.29, 1.82) is 0 Å². The zero-order valence-electron chi connectivity index (χ0n) is 9.93. The normalized spacial score (nSPS) is 10.8. The molecular formula is C12H25N. The van der Waals surface area contributed by atoms with Gasteiger partial charge in [-0.2, -0.15) is 0 Å². The third kappa shape index (κ3) is 7.63. The van der Waals surface area contributed by atoms with Gasteiger partial charge in [0.05, 0.1) is 0 Å². The maximum absolute atomic E-state index is 3.87. The van der Waals surface area contributed by atoms with Crippen LogP contribution in [0.25, 0.3) is 0 Å². The van der Waals surface area contributed by atoms with Crippen molar-refractivity contribution >= 4 is 0 Å². The molecule has 0 spiro atoms. The van der Waals surface area contributed by atoms with Gasteiger partial charge in [0.2, 0.25) is 0 Å². The van der Waals surface area contributed by atoms with Gasteiger partial charge in [-0.1, -0.05) is 47.3 Å². The van der Waals surface area contributed by atoms with Gasteiger partial charge in [0, 0.05) is 19.3 Å². The smallest absolute Gasteiger partial charge is 0.0284 e. The van der Waals surface area contributed by atoms with Crippen LogP contribution in [0.15, 0.2) is 24.9 Å². The molecule has 0 radical (unpaired) electrons. The fourth-order valence-electron chi connectivity index (χ4n) is 0.870. The largest absolute Gasteiger partial charge is 0.375 e. The molecule has 78 valence electrons. The molecule has 0 amide bonds. The van der Waals surface area contributed by atoms with Crippen LogP contribution in [-0.2, 0) is 0 Å². The molecular weight excluding hydrogens is 158 g/mol. The van der Waals surface area contributed by atoms with Gasteiger partial charge in [-0.15, -0.1) is 0 Å². The van der Waals surface area contributed by atoms with Gasteiger partial charge in [-0.05, 0) is 12.0 Å². The number of allylic oxidation sites excluding steroid dienone is 1. The van der Waals surface area contributed by atoms with Gasteiger partial charge in [-0.3, -0.25) is 0 Å². The quantitative estimate of drug-likeness (QED) is 0.588. The minimum Gasteiger partial charge on any atom is -0.375 e. The molecule has 0 heterocycles. The Morgan fingerprint density at radius 1 is 1.46 bits per heavy atom. The molecule has 1 atom stereocenters. The Hall–Kier alpha value is -0.720. The fourth-order valence-corrected chi connectivity index (χ4v) is 0.870. The summed E-state index contributed by atoms with van der Waals surface area (Å²) in [6.45, 7) is 17.1. The highest BCUT2D eigenvalue weighted by Crippen LogP contribution is 2.06. The Morgan fingerprint density at radius 2 is 1.92 bits per heavy atom. The molecule has 0 N–H and O–H groups in total. The molecule has 1 heteroatoms. The highest BCUT2D eigenvalue weighted by molar-refractivity contribution is 5.08. The molecule has 0 unspecified atom stereocenters. The van der Waals surface area contributed by atoms with Crippen molar-refractivity contribution in [2.24, 2.45) is 5.92 Å². The topological polar surface area (TPSA) is 3.24 Å². The first-order valence-electron chi connectivity index (χ1n) is 5.14. The molecule has 0 aliphatic carbocycles. The summed E-state index contributed by atoms with van der Waals surface area (Å²) in [5.41, 5.74) is 1.00. The van der Waals surface area contributed by atoms with Crippen molar-refractivity contribution < 1.29 is 0 Å². The van der Waals surface area contributed by atoms with Crippen molar-refractivity contribution in [3.63, 3.8) is 0 Å². The molecule has 0 aromatic carbocycles. The summed E-state index contributed by atoms with van der Waals surface area (Å²) in [5, 5.41) is 0. The summed E-state index contributed by atoms with van der Waals surface area (Å²) >= 11 is 0. The van der Waals surface area contributed by atoms with Crippen molar-refractivity contribution in [2.45, 2.75) is 34.1 Å². The average molecular weight is 183 g/mol. The zero-order chi connectivity index (χ0) is 10.9. The van der Waals surface area contributed by atoms with Gasteiger partial charge in [0.25, 0.3) is 0 Å². The molecule has 0 rings (SSSR count). The van der Waals surface area contributed by atoms with E-state index in [1.807, 2.05) is 13.8 Å². The lowest BCUT2D eigenvalue weighted by Gasteiger charge is -2.22. The third-order valence-corrected chi connectivity index (χ3v) is 2.01. The van der Waals surface area contributed by atoms with E-state index >= 15 is 0 Å². The fraction of sp³-hybridized carbons (Fsp3) is 0.667. The molecule has 1 nitrogen and oxygen atoms in total. The third-order valence-electron chi connectivity index (χ3n) is 2.01. The van der Waals surface area contributed by atoms with Crippen molar-refractivity contribution in [3.8, 4) is 0 Å². The van der Waals surface area contributed by atoms with Gasteiger partial charge in [0.15, 0.2) is 0 Å². The van der Waals surface area contributed by atoms with E-state index in [0.29, 0.717) is 0 Å². The maximum atomic E-state index is 3.87. The van der Waals surface area contributed by atoms with E-state index in [1.165, 1.54) is 6.42 Å². The van der Waals surface area contributed by atoms with Gasteiger partial charge >= 0.3 is 0 Å². The second-order valence-electron chi connectivity index (χ2n) is 3.09. The Balaban J connectivity index is 0. The van der Waals surface area contributed by atoms with E-state index in [-0.39, 0.29) is 0 Å². The molecule has 0 saturated carbocycles. The highest BCUT2D eigenvalue weighted by atomic mass is 15.1. The number of hydrogen-bond acceptors (Lipinski definition) is 1. The van der Waals surface area contributed by atoms with Gasteiger partial charge < -0.3 is 4.90 Å². The van der Waals surface area contributed by atoms with Crippen molar-refractivity contribution in [1.82, 2.24) is 4.90 Å². The summed E-state index contributed by atoms with van der Waals surface area (Å²) < 4.78 is 0. The van der Waals surface area contributed by atoms with E-state index in [2.05, 4.69) is 39.0 Å². The van der Waals surface area contributed by atoms with Crippen LogP contribution in [-0.4, -0.2) is 18.5 Å². The molecule has 0 aliphatic rings. The molecule has 0 fully saturated rings. The van der Waals surface area contributed by atoms with Crippen molar-refractivity contribution in [3.05, 3.63) is 24.9 Å². The van der Waals surface area contributed by atoms with Gasteiger partial charge in [-0.25, -0.2) is 0 Å². The van der Waals surface area contributed by atoms with Crippen LogP contribution < -0.4 is 0 Å². The van der Waals surface area contributed by atoms with E-state index in [4.69, 9.17) is 0 Å². The van der Waals surface area contributed by atoms with E-state index < -0.39 is 0 Å². The minimum absolute atomic E-state index is 0.733. The van der Waals surface area contributed by atoms with Gasteiger partial charge in [0.1, 0.15) is 0 Å². The lowest BCUT2D eigenvalue weighted by atomic mass is 10.1. The average Bonchev–Trinajstić information content (AvgIpc) is 2.19. The molecule has 0 aliphatic heterocycles. The molecule has 0 bridgehead atoms. The second kappa shape index (κ2) is 9.37. The minimum atomic E-state index is 0.733. The first kappa shape index (κ1) is 14.8. The number of nitrogens with zero attached hydrogens (tertiary/aromatic N) is 1. The Labute approximate surface area is 84.1 Å². The lowest BCUT2D eigenvalue weighted by molar-refractivity contribution is 0.351. The molecule has 0 aromatic rings. The SMILES string of the molecule is C=CC(=C)N(C)C[C@H](C)CC.CC. The zero-order valence-corrected chi connectivity index (χ0v) is 9.93. The highest BCUT2D eigenvalue weighted by Gasteiger charge is 2.03. The number of hydrogen-bond donors (Lipinski definition) is 0. The molecule has 13 heavy (non-hydrogen) atoms. The van der Waals surface area contributed by atoms with Crippen LogP contribution >= 0.6 is 0 Å². The predicted molar refractivity (Wildman–Crippen MR) is 62.8 cm³/mol. The summed E-state index contributed by atoms with van der Waals surface area (Å²) in [5.74, 6) is 0.733. The van der Waals surface area contributed by atoms with Crippen LogP contribution in [0.1, 0.15) is 34.1 Å². The molecule has 0 aromatic heterocycles. The summed E-state index contributed by atoms with van der Waals surface area (Å²) in [6.07, 6.45) is 3.01. The van der Waals surface area contributed by atoms with Crippen LogP contribution in [0.5, 0.6) is 0 Å². The first-order chi connectivity index (χ1) is 6.11. The van der Waals surface area contributed by atoms with E-state index in [1.54, 1.807) is 6.08 Å². The van der Waals surface area contributed by atoms with Crippen LogP contribution in [0.3, 0.4) is 0 Å². The van der Waals surface area contributed by atoms with Crippen LogP contribution in [0.2, 0.25) is 0 Å². The lowest BCUT2D eigenvalue weighted by Crippen LogP contribution is -2.22. The standard InChI is InChI=1S/C10H19N.C2H6/c1-6-9(3)8-11(5)10(4)7-2;1-2/h7,9H,2,4,6,8H2,1,3,5H3;1-2H3/t9-;/m1./s1. The Kier molecular flexibility index (Phi) is 10.7.